The Morgan fingerprint density at radius 3 is 2.89 bits per heavy atom. The topological polar surface area (TPSA) is 54.2 Å². The third-order valence-corrected chi connectivity index (χ3v) is 3.38. The van der Waals surface area contributed by atoms with Crippen molar-refractivity contribution in [2.24, 2.45) is 10.9 Å². The van der Waals surface area contributed by atoms with Gasteiger partial charge in [-0.2, -0.15) is 8.78 Å². The van der Waals surface area contributed by atoms with Crippen molar-refractivity contribution in [1.82, 2.24) is 20.2 Å². The van der Waals surface area contributed by atoms with Crippen molar-refractivity contribution in [2.75, 3.05) is 13.6 Å². The number of nitrogens with one attached hydrogen (secondary N) is 2. The molecule has 2 rings (SSSR count). The molecule has 0 bridgehead atoms. The highest BCUT2D eigenvalue weighted by Gasteiger charge is 2.17. The van der Waals surface area contributed by atoms with Crippen LogP contribution in [0.2, 0.25) is 0 Å². The van der Waals surface area contributed by atoms with Crippen LogP contribution in [0.4, 0.5) is 8.78 Å². The summed E-state index contributed by atoms with van der Waals surface area (Å²) in [6.45, 7) is -1.46. The summed E-state index contributed by atoms with van der Waals surface area (Å²) in [4.78, 5) is 7.97. The molecule has 1 aromatic rings. The zero-order chi connectivity index (χ0) is 13.7. The summed E-state index contributed by atoms with van der Waals surface area (Å²) < 4.78 is 26.1. The Morgan fingerprint density at radius 2 is 2.32 bits per heavy atom. The molecule has 1 fully saturated rings. The van der Waals surface area contributed by atoms with Crippen molar-refractivity contribution in [2.45, 2.75) is 32.4 Å². The summed E-state index contributed by atoms with van der Waals surface area (Å²) in [5, 5.41) is 6.19. The minimum absolute atomic E-state index is 0.224. The molecule has 0 aromatic carbocycles. The molecule has 0 saturated heterocycles. The van der Waals surface area contributed by atoms with E-state index in [-0.39, 0.29) is 6.54 Å². The first-order chi connectivity index (χ1) is 9.20. The maximum atomic E-state index is 12.6. The van der Waals surface area contributed by atoms with E-state index in [9.17, 15) is 8.78 Å². The Kier molecular flexibility index (Phi) is 4.70. The van der Waals surface area contributed by atoms with E-state index < -0.39 is 6.55 Å². The average molecular weight is 271 g/mol. The first kappa shape index (κ1) is 13.8. The molecule has 0 aliphatic heterocycles. The highest BCUT2D eigenvalue weighted by Crippen LogP contribution is 2.25. The minimum Gasteiger partial charge on any atom is -0.356 e. The minimum atomic E-state index is -2.57. The van der Waals surface area contributed by atoms with Crippen LogP contribution in [-0.2, 0) is 6.54 Å². The van der Waals surface area contributed by atoms with Gasteiger partial charge in [0.1, 0.15) is 5.82 Å². The van der Waals surface area contributed by atoms with E-state index in [0.29, 0.717) is 17.7 Å². The number of imidazole rings is 1. The lowest BCUT2D eigenvalue weighted by Crippen LogP contribution is -2.41. The molecule has 0 amide bonds. The zero-order valence-electron chi connectivity index (χ0n) is 10.9. The molecular formula is C12H19F2N5. The molecule has 1 aliphatic rings. The average Bonchev–Trinajstić information content (AvgIpc) is 2.79. The number of rotatable bonds is 5. The van der Waals surface area contributed by atoms with Crippen LogP contribution in [0.25, 0.3) is 0 Å². The number of aromatic nitrogens is 2. The lowest BCUT2D eigenvalue weighted by Gasteiger charge is -2.26. The van der Waals surface area contributed by atoms with Gasteiger partial charge < -0.3 is 10.6 Å². The molecule has 5 nitrogen and oxygen atoms in total. The molecule has 0 atom stereocenters. The monoisotopic (exact) mass is 271 g/mol. The molecule has 2 N–H and O–H groups in total. The molecular weight excluding hydrogens is 252 g/mol. The van der Waals surface area contributed by atoms with E-state index in [1.54, 1.807) is 7.05 Å². The number of alkyl halides is 2. The van der Waals surface area contributed by atoms with Gasteiger partial charge in [0.15, 0.2) is 5.96 Å². The zero-order valence-corrected chi connectivity index (χ0v) is 10.9. The Balaban J connectivity index is 1.80. The normalized spacial score (nSPS) is 16.5. The largest absolute Gasteiger partial charge is 0.356 e. The fourth-order valence-corrected chi connectivity index (χ4v) is 1.98. The highest BCUT2D eigenvalue weighted by molar-refractivity contribution is 5.79. The van der Waals surface area contributed by atoms with E-state index >= 15 is 0 Å². The second-order valence-electron chi connectivity index (χ2n) is 4.63. The van der Waals surface area contributed by atoms with Gasteiger partial charge in [0.25, 0.3) is 0 Å². The van der Waals surface area contributed by atoms with Crippen LogP contribution in [0.15, 0.2) is 17.4 Å². The Hall–Kier alpha value is -1.66. The fourth-order valence-electron chi connectivity index (χ4n) is 1.98. The molecule has 1 saturated carbocycles. The number of nitrogens with zero attached hydrogens (tertiary/aromatic N) is 3. The summed E-state index contributed by atoms with van der Waals surface area (Å²) in [5.41, 5.74) is 0. The molecule has 19 heavy (non-hydrogen) atoms. The van der Waals surface area contributed by atoms with Gasteiger partial charge in [0, 0.05) is 26.0 Å². The lowest BCUT2D eigenvalue weighted by molar-refractivity contribution is 0.0668. The van der Waals surface area contributed by atoms with Crippen LogP contribution < -0.4 is 10.6 Å². The van der Waals surface area contributed by atoms with Crippen molar-refractivity contribution in [1.29, 1.82) is 0 Å². The first-order valence-electron chi connectivity index (χ1n) is 6.45. The summed E-state index contributed by atoms with van der Waals surface area (Å²) in [6, 6.07) is 0. The van der Waals surface area contributed by atoms with Crippen LogP contribution in [0, 0.1) is 5.92 Å². The molecule has 0 radical (unpaired) electrons. The third-order valence-electron chi connectivity index (χ3n) is 3.38. The molecule has 1 aromatic heterocycles. The van der Waals surface area contributed by atoms with Crippen molar-refractivity contribution >= 4 is 5.96 Å². The van der Waals surface area contributed by atoms with Crippen LogP contribution in [0.3, 0.4) is 0 Å². The maximum Gasteiger partial charge on any atom is 0.319 e. The lowest BCUT2D eigenvalue weighted by atomic mass is 9.85. The Labute approximate surface area is 111 Å². The van der Waals surface area contributed by atoms with Gasteiger partial charge in [-0.1, -0.05) is 6.42 Å². The maximum absolute atomic E-state index is 12.6. The van der Waals surface area contributed by atoms with E-state index in [1.807, 2.05) is 0 Å². The number of guanidine groups is 1. The van der Waals surface area contributed by atoms with E-state index in [4.69, 9.17) is 0 Å². The SMILES string of the molecule is CN=C(NCc1nccn1C(F)F)NCC1CCC1. The van der Waals surface area contributed by atoms with Gasteiger partial charge in [0.05, 0.1) is 6.54 Å². The van der Waals surface area contributed by atoms with Gasteiger partial charge in [-0.15, -0.1) is 0 Å². The standard InChI is InChI=1S/C12H19F2N5/c1-15-12(17-7-9-3-2-4-9)18-8-10-16-5-6-19(10)11(13)14/h5-6,9,11H,2-4,7-8H2,1H3,(H2,15,17,18). The van der Waals surface area contributed by atoms with Gasteiger partial charge in [-0.3, -0.25) is 9.56 Å². The number of aliphatic imine (C=N–C) groups is 1. The Bertz CT molecular complexity index is 426. The van der Waals surface area contributed by atoms with Crippen LogP contribution in [0.5, 0.6) is 0 Å². The summed E-state index contributed by atoms with van der Waals surface area (Å²) in [7, 11) is 1.66. The van der Waals surface area contributed by atoms with Crippen molar-refractivity contribution in [3.63, 3.8) is 0 Å². The van der Waals surface area contributed by atoms with E-state index in [1.165, 1.54) is 31.7 Å². The van der Waals surface area contributed by atoms with Crippen LogP contribution >= 0.6 is 0 Å². The molecule has 106 valence electrons. The van der Waals surface area contributed by atoms with Crippen molar-refractivity contribution in [3.05, 3.63) is 18.2 Å². The van der Waals surface area contributed by atoms with E-state index in [2.05, 4.69) is 20.6 Å². The summed E-state index contributed by atoms with van der Waals surface area (Å²) in [5.74, 6) is 1.62. The quantitative estimate of drug-likeness (QED) is 0.633. The number of halogens is 2. The highest BCUT2D eigenvalue weighted by atomic mass is 19.3. The molecule has 1 heterocycles. The second-order valence-corrected chi connectivity index (χ2v) is 4.63. The fraction of sp³-hybridized carbons (Fsp3) is 0.667. The molecule has 7 heteroatoms. The smallest absolute Gasteiger partial charge is 0.319 e. The van der Waals surface area contributed by atoms with Crippen molar-refractivity contribution < 1.29 is 8.78 Å². The first-order valence-corrected chi connectivity index (χ1v) is 6.45. The summed E-state index contributed by atoms with van der Waals surface area (Å²) in [6.07, 6.45) is 6.43. The van der Waals surface area contributed by atoms with Gasteiger partial charge in [-0.25, -0.2) is 4.98 Å². The van der Waals surface area contributed by atoms with Gasteiger partial charge >= 0.3 is 6.55 Å². The predicted octanol–water partition coefficient (Wildman–Crippen LogP) is 1.74. The van der Waals surface area contributed by atoms with Gasteiger partial charge in [0.2, 0.25) is 0 Å². The van der Waals surface area contributed by atoms with Crippen molar-refractivity contribution in [3.8, 4) is 0 Å². The molecule has 0 unspecified atom stereocenters. The number of hydrogen-bond donors (Lipinski definition) is 2. The van der Waals surface area contributed by atoms with E-state index in [0.717, 1.165) is 11.1 Å². The van der Waals surface area contributed by atoms with Gasteiger partial charge in [-0.05, 0) is 18.8 Å². The van der Waals surface area contributed by atoms with Crippen LogP contribution in [-0.4, -0.2) is 29.1 Å². The number of hydrogen-bond acceptors (Lipinski definition) is 2. The Morgan fingerprint density at radius 1 is 1.53 bits per heavy atom. The molecule has 0 spiro atoms. The summed E-state index contributed by atoms with van der Waals surface area (Å²) >= 11 is 0. The predicted molar refractivity (Wildman–Crippen MR) is 69.0 cm³/mol. The van der Waals surface area contributed by atoms with Crippen LogP contribution in [0.1, 0.15) is 31.6 Å². The molecule has 1 aliphatic carbocycles. The third kappa shape index (κ3) is 3.65. The second kappa shape index (κ2) is 6.49.